The summed E-state index contributed by atoms with van der Waals surface area (Å²) in [6, 6.07) is 6.95. The summed E-state index contributed by atoms with van der Waals surface area (Å²) in [6.45, 7) is 0. The van der Waals surface area contributed by atoms with Gasteiger partial charge in [0, 0.05) is 5.56 Å². The molecule has 0 amide bonds. The zero-order valence-electron chi connectivity index (χ0n) is 6.91. The Bertz CT molecular complexity index is 284. The molecule has 0 heterocycles. The number of methoxy groups -OCH3 is 1. The van der Waals surface area contributed by atoms with Crippen LogP contribution in [-0.4, -0.2) is 20.7 Å². The fourth-order valence-electron chi connectivity index (χ4n) is 0.914. The van der Waals surface area contributed by atoms with Gasteiger partial charge in [-0.15, -0.1) is 0 Å². The van der Waals surface area contributed by atoms with E-state index in [9.17, 15) is 4.79 Å². The van der Waals surface area contributed by atoms with Crippen LogP contribution in [0.15, 0.2) is 24.3 Å². The first kappa shape index (κ1) is 8.85. The Morgan fingerprint density at radius 2 is 2.33 bits per heavy atom. The van der Waals surface area contributed by atoms with Crippen LogP contribution in [0.25, 0.3) is 0 Å². The Hall–Kier alpha value is -1.25. The summed E-state index contributed by atoms with van der Waals surface area (Å²) in [7, 11) is 6.77. The quantitative estimate of drug-likeness (QED) is 0.494. The van der Waals surface area contributed by atoms with Gasteiger partial charge < -0.3 is 4.74 Å². The van der Waals surface area contributed by atoms with Crippen molar-refractivity contribution < 1.29 is 9.53 Å². The summed E-state index contributed by atoms with van der Waals surface area (Å²) in [5, 5.41) is 0. The first-order valence-electron chi connectivity index (χ1n) is 3.65. The predicted molar refractivity (Wildman–Crippen MR) is 47.9 cm³/mol. The largest absolute Gasteiger partial charge is 0.497 e. The van der Waals surface area contributed by atoms with E-state index in [4.69, 9.17) is 12.6 Å². The normalized spacial score (nSPS) is 9.42. The molecule has 12 heavy (non-hydrogen) atoms. The second-order valence-electron chi connectivity index (χ2n) is 2.36. The molecule has 0 atom stereocenters. The molecule has 2 nitrogen and oxygen atoms in total. The van der Waals surface area contributed by atoms with E-state index in [0.717, 1.165) is 0 Å². The minimum absolute atomic E-state index is 0.0349. The molecule has 0 unspecified atom stereocenters. The van der Waals surface area contributed by atoms with Gasteiger partial charge in [-0.3, -0.25) is 4.79 Å². The average molecular weight is 160 g/mol. The van der Waals surface area contributed by atoms with Crippen molar-refractivity contribution >= 4 is 13.6 Å². The Morgan fingerprint density at radius 3 is 2.92 bits per heavy atom. The number of ether oxygens (including phenoxy) is 1. The Morgan fingerprint density at radius 1 is 1.58 bits per heavy atom. The molecule has 0 aliphatic carbocycles. The van der Waals surface area contributed by atoms with Crippen LogP contribution in [0.1, 0.15) is 10.4 Å². The molecule has 0 aromatic heterocycles. The third-order valence-electron chi connectivity index (χ3n) is 1.58. The summed E-state index contributed by atoms with van der Waals surface area (Å²) in [6.07, 6.45) is 0.0349. The van der Waals surface area contributed by atoms with E-state index in [1.54, 1.807) is 31.4 Å². The van der Waals surface area contributed by atoms with Gasteiger partial charge in [0.05, 0.1) is 15.0 Å². The van der Waals surface area contributed by atoms with Crippen LogP contribution in [0, 0.1) is 0 Å². The molecule has 3 heteroatoms. The van der Waals surface area contributed by atoms with Gasteiger partial charge in [0.2, 0.25) is 0 Å². The molecule has 60 valence electrons. The molecule has 1 aromatic rings. The zero-order chi connectivity index (χ0) is 8.97. The summed E-state index contributed by atoms with van der Waals surface area (Å²) < 4.78 is 4.96. The van der Waals surface area contributed by atoms with Crippen molar-refractivity contribution in [3.8, 4) is 5.75 Å². The molecular formula is C9H9BO2. The molecule has 0 aliphatic heterocycles. The van der Waals surface area contributed by atoms with Crippen LogP contribution in [-0.2, 0) is 0 Å². The molecule has 1 aromatic carbocycles. The summed E-state index contributed by atoms with van der Waals surface area (Å²) in [5.74, 6) is 0.600. The van der Waals surface area contributed by atoms with E-state index < -0.39 is 0 Å². The molecule has 0 bridgehead atoms. The smallest absolute Gasteiger partial charge is 0.154 e. The summed E-state index contributed by atoms with van der Waals surface area (Å²) >= 11 is 0. The lowest BCUT2D eigenvalue weighted by Crippen LogP contribution is -1.97. The third-order valence-corrected chi connectivity index (χ3v) is 1.58. The van der Waals surface area contributed by atoms with Crippen molar-refractivity contribution in [1.29, 1.82) is 0 Å². The van der Waals surface area contributed by atoms with Crippen molar-refractivity contribution in [2.24, 2.45) is 0 Å². The van der Waals surface area contributed by atoms with Crippen LogP contribution in [0.5, 0.6) is 5.75 Å². The van der Waals surface area contributed by atoms with Gasteiger partial charge in [-0.25, -0.2) is 0 Å². The molecular weight excluding hydrogens is 151 g/mol. The van der Waals surface area contributed by atoms with Gasteiger partial charge in [-0.2, -0.15) is 0 Å². The van der Waals surface area contributed by atoms with Crippen LogP contribution in [0.3, 0.4) is 0 Å². The molecule has 0 saturated carbocycles. The number of hydrogen-bond donors (Lipinski definition) is 0. The fraction of sp³-hybridized carbons (Fsp3) is 0.222. The number of rotatable bonds is 3. The number of carbonyl (C=O) groups excluding carboxylic acids is 1. The van der Waals surface area contributed by atoms with E-state index in [2.05, 4.69) is 0 Å². The molecule has 1 rings (SSSR count). The highest BCUT2D eigenvalue weighted by molar-refractivity contribution is 6.24. The first-order chi connectivity index (χ1) is 5.77. The predicted octanol–water partition coefficient (Wildman–Crippen LogP) is 1.46. The molecule has 0 fully saturated rings. The lowest BCUT2D eigenvalue weighted by molar-refractivity contribution is 0.101. The van der Waals surface area contributed by atoms with Crippen molar-refractivity contribution in [3.05, 3.63) is 29.8 Å². The molecule has 0 saturated heterocycles. The Labute approximate surface area is 73.0 Å². The van der Waals surface area contributed by atoms with Gasteiger partial charge in [-0.1, -0.05) is 12.1 Å². The zero-order valence-corrected chi connectivity index (χ0v) is 6.91. The second kappa shape index (κ2) is 3.95. The summed E-state index contributed by atoms with van der Waals surface area (Å²) in [5.41, 5.74) is 0.594. The topological polar surface area (TPSA) is 26.3 Å². The van der Waals surface area contributed by atoms with E-state index in [0.29, 0.717) is 11.3 Å². The van der Waals surface area contributed by atoms with Crippen LogP contribution in [0.2, 0.25) is 6.32 Å². The SMILES string of the molecule is [B]CC(=O)c1cccc(OC)c1. The lowest BCUT2D eigenvalue weighted by Gasteiger charge is -2.01. The number of ketones is 1. The van der Waals surface area contributed by atoms with Gasteiger partial charge >= 0.3 is 0 Å². The number of Topliss-reactive ketones (excluding diaryl/α,β-unsaturated/α-hetero) is 1. The van der Waals surface area contributed by atoms with Gasteiger partial charge in [0.1, 0.15) is 5.75 Å². The molecule has 0 spiro atoms. The van der Waals surface area contributed by atoms with Crippen molar-refractivity contribution in [1.82, 2.24) is 0 Å². The van der Waals surface area contributed by atoms with E-state index >= 15 is 0 Å². The molecule has 2 radical (unpaired) electrons. The lowest BCUT2D eigenvalue weighted by atomic mass is 9.96. The third kappa shape index (κ3) is 1.88. The highest BCUT2D eigenvalue weighted by atomic mass is 16.5. The second-order valence-corrected chi connectivity index (χ2v) is 2.36. The monoisotopic (exact) mass is 160 g/mol. The molecule has 0 aliphatic rings. The summed E-state index contributed by atoms with van der Waals surface area (Å²) in [4.78, 5) is 11.1. The van der Waals surface area contributed by atoms with Crippen molar-refractivity contribution in [2.75, 3.05) is 7.11 Å². The van der Waals surface area contributed by atoms with Gasteiger partial charge in [0.15, 0.2) is 5.78 Å². The van der Waals surface area contributed by atoms with Crippen LogP contribution in [0.4, 0.5) is 0 Å². The standard InChI is InChI=1S/C9H9BO2/c1-12-8-4-2-3-7(5-8)9(11)6-10/h2-5H,6H2,1H3. The number of hydrogen-bond acceptors (Lipinski definition) is 2. The highest BCUT2D eigenvalue weighted by Gasteiger charge is 2.02. The maximum Gasteiger partial charge on any atom is 0.154 e. The Balaban J connectivity index is 2.93. The highest BCUT2D eigenvalue weighted by Crippen LogP contribution is 2.13. The minimum Gasteiger partial charge on any atom is -0.497 e. The van der Waals surface area contributed by atoms with Gasteiger partial charge in [0.25, 0.3) is 0 Å². The van der Waals surface area contributed by atoms with Crippen LogP contribution >= 0.6 is 0 Å². The maximum absolute atomic E-state index is 11.1. The fourth-order valence-corrected chi connectivity index (χ4v) is 0.914. The van der Waals surface area contributed by atoms with E-state index in [-0.39, 0.29) is 12.1 Å². The number of carbonyl (C=O) groups is 1. The van der Waals surface area contributed by atoms with E-state index in [1.165, 1.54) is 0 Å². The van der Waals surface area contributed by atoms with Crippen LogP contribution < -0.4 is 4.74 Å². The maximum atomic E-state index is 11.1. The number of benzene rings is 1. The van der Waals surface area contributed by atoms with E-state index in [1.807, 2.05) is 0 Å². The van der Waals surface area contributed by atoms with Gasteiger partial charge in [-0.05, 0) is 18.5 Å². The molecule has 0 N–H and O–H groups in total. The minimum atomic E-state index is -0.0751. The van der Waals surface area contributed by atoms with Crippen molar-refractivity contribution in [3.63, 3.8) is 0 Å². The average Bonchev–Trinajstić information content (AvgIpc) is 2.17. The van der Waals surface area contributed by atoms with Crippen molar-refractivity contribution in [2.45, 2.75) is 6.32 Å². The Kier molecular flexibility index (Phi) is 2.91. The first-order valence-corrected chi connectivity index (χ1v) is 3.65.